The molecule has 0 unspecified atom stereocenters. The SMILES string of the molecule is COC(=O)c1ccnc(NCC2(O)CCCCC2)c1. The Labute approximate surface area is 113 Å². The number of carbonyl (C=O) groups is 1. The summed E-state index contributed by atoms with van der Waals surface area (Å²) in [5.74, 6) is 0.198. The summed E-state index contributed by atoms with van der Waals surface area (Å²) in [5, 5.41) is 13.5. The summed E-state index contributed by atoms with van der Waals surface area (Å²) in [6.07, 6.45) is 6.51. The van der Waals surface area contributed by atoms with E-state index in [1.165, 1.54) is 13.5 Å². The molecular weight excluding hydrogens is 244 g/mol. The van der Waals surface area contributed by atoms with Gasteiger partial charge in [-0.2, -0.15) is 0 Å². The van der Waals surface area contributed by atoms with Crippen LogP contribution in [0.4, 0.5) is 5.82 Å². The lowest BCUT2D eigenvalue weighted by molar-refractivity contribution is 0.0166. The molecule has 0 atom stereocenters. The van der Waals surface area contributed by atoms with Crippen LogP contribution >= 0.6 is 0 Å². The highest BCUT2D eigenvalue weighted by molar-refractivity contribution is 5.89. The van der Waals surface area contributed by atoms with Gasteiger partial charge < -0.3 is 15.2 Å². The second kappa shape index (κ2) is 6.02. The number of esters is 1. The molecule has 19 heavy (non-hydrogen) atoms. The number of nitrogens with one attached hydrogen (secondary N) is 1. The molecule has 2 rings (SSSR count). The van der Waals surface area contributed by atoms with Crippen molar-refractivity contribution in [1.29, 1.82) is 0 Å². The maximum atomic E-state index is 11.4. The Morgan fingerprint density at radius 2 is 2.21 bits per heavy atom. The first kappa shape index (κ1) is 13.8. The Bertz CT molecular complexity index is 442. The van der Waals surface area contributed by atoms with Crippen LogP contribution in [-0.2, 0) is 4.74 Å². The smallest absolute Gasteiger partial charge is 0.338 e. The average molecular weight is 264 g/mol. The molecule has 5 nitrogen and oxygen atoms in total. The molecule has 0 amide bonds. The number of pyridine rings is 1. The van der Waals surface area contributed by atoms with Gasteiger partial charge in [0.25, 0.3) is 0 Å². The summed E-state index contributed by atoms with van der Waals surface area (Å²) in [4.78, 5) is 15.5. The summed E-state index contributed by atoms with van der Waals surface area (Å²) in [7, 11) is 1.35. The number of rotatable bonds is 4. The first-order chi connectivity index (χ1) is 9.13. The van der Waals surface area contributed by atoms with Crippen LogP contribution in [0.15, 0.2) is 18.3 Å². The zero-order valence-corrected chi connectivity index (χ0v) is 11.2. The maximum absolute atomic E-state index is 11.4. The third kappa shape index (κ3) is 3.67. The fourth-order valence-corrected chi connectivity index (χ4v) is 2.41. The third-order valence-electron chi connectivity index (χ3n) is 3.56. The zero-order chi connectivity index (χ0) is 13.7. The lowest BCUT2D eigenvalue weighted by atomic mass is 9.85. The van der Waals surface area contributed by atoms with Crippen LogP contribution in [0.2, 0.25) is 0 Å². The number of carbonyl (C=O) groups excluding carboxylic acids is 1. The molecule has 0 radical (unpaired) electrons. The maximum Gasteiger partial charge on any atom is 0.338 e. The first-order valence-electron chi connectivity index (χ1n) is 6.64. The van der Waals surface area contributed by atoms with Gasteiger partial charge in [0.05, 0.1) is 18.3 Å². The Morgan fingerprint density at radius 1 is 1.47 bits per heavy atom. The molecule has 2 N–H and O–H groups in total. The normalized spacial score (nSPS) is 17.8. The number of methoxy groups -OCH3 is 1. The van der Waals surface area contributed by atoms with Crippen molar-refractivity contribution < 1.29 is 14.6 Å². The van der Waals surface area contributed by atoms with Crippen molar-refractivity contribution in [3.05, 3.63) is 23.9 Å². The van der Waals surface area contributed by atoms with Crippen LogP contribution in [0.1, 0.15) is 42.5 Å². The number of nitrogens with zero attached hydrogens (tertiary/aromatic N) is 1. The van der Waals surface area contributed by atoms with Gasteiger partial charge in [-0.15, -0.1) is 0 Å². The second-order valence-corrected chi connectivity index (χ2v) is 5.06. The molecule has 0 aliphatic heterocycles. The molecule has 1 heterocycles. The number of hydrogen-bond acceptors (Lipinski definition) is 5. The molecule has 0 aromatic carbocycles. The van der Waals surface area contributed by atoms with Crippen molar-refractivity contribution in [3.8, 4) is 0 Å². The third-order valence-corrected chi connectivity index (χ3v) is 3.56. The Morgan fingerprint density at radius 3 is 2.89 bits per heavy atom. The largest absolute Gasteiger partial charge is 0.465 e. The van der Waals surface area contributed by atoms with Crippen LogP contribution < -0.4 is 5.32 Å². The van der Waals surface area contributed by atoms with E-state index in [9.17, 15) is 9.90 Å². The van der Waals surface area contributed by atoms with E-state index in [4.69, 9.17) is 0 Å². The lowest BCUT2D eigenvalue weighted by Gasteiger charge is -2.32. The summed E-state index contributed by atoms with van der Waals surface area (Å²) in [6, 6.07) is 3.24. The molecular formula is C14H20N2O3. The van der Waals surface area contributed by atoms with Crippen LogP contribution in [0, 0.1) is 0 Å². The van der Waals surface area contributed by atoms with E-state index < -0.39 is 5.60 Å². The Balaban J connectivity index is 1.97. The molecule has 1 saturated carbocycles. The molecule has 1 aromatic rings. The van der Waals surface area contributed by atoms with Crippen LogP contribution in [0.3, 0.4) is 0 Å². The van der Waals surface area contributed by atoms with Crippen molar-refractivity contribution in [2.75, 3.05) is 19.0 Å². The number of aromatic nitrogens is 1. The van der Waals surface area contributed by atoms with Crippen molar-refractivity contribution in [2.45, 2.75) is 37.7 Å². The highest BCUT2D eigenvalue weighted by Gasteiger charge is 2.28. The van der Waals surface area contributed by atoms with Gasteiger partial charge in [0.2, 0.25) is 0 Å². The average Bonchev–Trinajstić information content (AvgIpc) is 2.45. The Hall–Kier alpha value is -1.62. The quantitative estimate of drug-likeness (QED) is 0.814. The molecule has 1 fully saturated rings. The van der Waals surface area contributed by atoms with E-state index in [0.29, 0.717) is 17.9 Å². The van der Waals surface area contributed by atoms with Gasteiger partial charge in [0.1, 0.15) is 5.82 Å². The van der Waals surface area contributed by atoms with Gasteiger partial charge >= 0.3 is 5.97 Å². The number of ether oxygens (including phenoxy) is 1. The topological polar surface area (TPSA) is 71.5 Å². The van der Waals surface area contributed by atoms with E-state index in [1.807, 2.05) is 0 Å². The molecule has 1 aliphatic carbocycles. The molecule has 1 aromatic heterocycles. The number of aliphatic hydroxyl groups is 1. The van der Waals surface area contributed by atoms with Crippen molar-refractivity contribution >= 4 is 11.8 Å². The summed E-state index contributed by atoms with van der Waals surface area (Å²) in [6.45, 7) is 0.463. The van der Waals surface area contributed by atoms with Gasteiger partial charge in [0, 0.05) is 12.7 Å². The van der Waals surface area contributed by atoms with Crippen molar-refractivity contribution in [1.82, 2.24) is 4.98 Å². The van der Waals surface area contributed by atoms with E-state index in [-0.39, 0.29) is 5.97 Å². The monoisotopic (exact) mass is 264 g/mol. The van der Waals surface area contributed by atoms with Gasteiger partial charge in [-0.3, -0.25) is 0 Å². The highest BCUT2D eigenvalue weighted by Crippen LogP contribution is 2.28. The van der Waals surface area contributed by atoms with E-state index >= 15 is 0 Å². The predicted octanol–water partition coefficient (Wildman–Crippen LogP) is 1.98. The summed E-state index contributed by atoms with van der Waals surface area (Å²) in [5.41, 5.74) is -0.197. The summed E-state index contributed by atoms with van der Waals surface area (Å²) < 4.78 is 4.66. The fraction of sp³-hybridized carbons (Fsp3) is 0.571. The van der Waals surface area contributed by atoms with Crippen LogP contribution in [0.25, 0.3) is 0 Å². The van der Waals surface area contributed by atoms with Gasteiger partial charge in [0.15, 0.2) is 0 Å². The fourth-order valence-electron chi connectivity index (χ4n) is 2.41. The Kier molecular flexibility index (Phi) is 4.37. The standard InChI is InChI=1S/C14H20N2O3/c1-19-13(17)11-5-8-15-12(9-11)16-10-14(18)6-3-2-4-7-14/h5,8-9,18H,2-4,6-7,10H2,1H3,(H,15,16). The molecule has 0 bridgehead atoms. The van der Waals surface area contributed by atoms with Gasteiger partial charge in [-0.05, 0) is 25.0 Å². The zero-order valence-electron chi connectivity index (χ0n) is 11.2. The second-order valence-electron chi connectivity index (χ2n) is 5.06. The molecule has 0 spiro atoms. The molecule has 5 heteroatoms. The van der Waals surface area contributed by atoms with Gasteiger partial charge in [-0.1, -0.05) is 19.3 Å². The molecule has 1 aliphatic rings. The number of hydrogen-bond donors (Lipinski definition) is 2. The first-order valence-corrected chi connectivity index (χ1v) is 6.64. The minimum Gasteiger partial charge on any atom is -0.465 e. The van der Waals surface area contributed by atoms with Crippen LogP contribution in [0.5, 0.6) is 0 Å². The van der Waals surface area contributed by atoms with Crippen LogP contribution in [-0.4, -0.2) is 35.3 Å². The van der Waals surface area contributed by atoms with E-state index in [1.54, 1.807) is 18.3 Å². The number of anilines is 1. The lowest BCUT2D eigenvalue weighted by Crippen LogP contribution is -2.38. The van der Waals surface area contributed by atoms with E-state index in [2.05, 4.69) is 15.0 Å². The van der Waals surface area contributed by atoms with E-state index in [0.717, 1.165) is 25.7 Å². The van der Waals surface area contributed by atoms with Crippen molar-refractivity contribution in [3.63, 3.8) is 0 Å². The summed E-state index contributed by atoms with van der Waals surface area (Å²) >= 11 is 0. The highest BCUT2D eigenvalue weighted by atomic mass is 16.5. The molecule has 0 saturated heterocycles. The van der Waals surface area contributed by atoms with Gasteiger partial charge in [-0.25, -0.2) is 9.78 Å². The minimum absolute atomic E-state index is 0.387. The minimum atomic E-state index is -0.652. The predicted molar refractivity (Wildman–Crippen MR) is 72.1 cm³/mol. The van der Waals surface area contributed by atoms with Crippen molar-refractivity contribution in [2.24, 2.45) is 0 Å². The molecule has 104 valence electrons.